The first-order valence-electron chi connectivity index (χ1n) is 6.85. The normalized spacial score (nSPS) is 12.7. The zero-order chi connectivity index (χ0) is 15.6. The Morgan fingerprint density at radius 2 is 1.62 bits per heavy atom. The van der Waals surface area contributed by atoms with E-state index in [0.29, 0.717) is 11.1 Å². The number of rotatable bonds is 4. The van der Waals surface area contributed by atoms with Crippen molar-refractivity contribution in [2.75, 3.05) is 0 Å². The Morgan fingerprint density at radius 3 is 2.19 bits per heavy atom. The van der Waals surface area contributed by atoms with Gasteiger partial charge >= 0.3 is 0 Å². The van der Waals surface area contributed by atoms with Crippen molar-refractivity contribution in [3.05, 3.63) is 69.2 Å². The third-order valence-electron chi connectivity index (χ3n) is 3.29. The van der Waals surface area contributed by atoms with E-state index >= 15 is 0 Å². The maximum absolute atomic E-state index is 14.2. The van der Waals surface area contributed by atoms with Gasteiger partial charge in [-0.2, -0.15) is 0 Å². The van der Waals surface area contributed by atoms with E-state index in [4.69, 9.17) is 0 Å². The molecule has 0 aliphatic rings. The smallest absolute Gasteiger partial charge is 0.131 e. The lowest BCUT2D eigenvalue weighted by atomic mass is 9.96. The number of aryl methyl sites for hydroxylation is 1. The molecule has 0 aliphatic heterocycles. The zero-order valence-electron chi connectivity index (χ0n) is 12.3. The molecule has 1 atom stereocenters. The Bertz CT molecular complexity index is 623. The van der Waals surface area contributed by atoms with Gasteiger partial charge in [-0.25, -0.2) is 8.78 Å². The van der Waals surface area contributed by atoms with Crippen molar-refractivity contribution in [1.82, 2.24) is 5.32 Å². The molecule has 0 saturated carbocycles. The van der Waals surface area contributed by atoms with Gasteiger partial charge in [-0.1, -0.05) is 28.1 Å². The van der Waals surface area contributed by atoms with Crippen molar-refractivity contribution in [1.29, 1.82) is 0 Å². The zero-order valence-corrected chi connectivity index (χ0v) is 13.8. The maximum Gasteiger partial charge on any atom is 0.131 e. The van der Waals surface area contributed by atoms with Gasteiger partial charge in [0.1, 0.15) is 11.6 Å². The molecule has 0 amide bonds. The van der Waals surface area contributed by atoms with Crippen molar-refractivity contribution < 1.29 is 8.78 Å². The fraction of sp³-hybridized carbons (Fsp3) is 0.294. The quantitative estimate of drug-likeness (QED) is 0.803. The van der Waals surface area contributed by atoms with Gasteiger partial charge in [-0.15, -0.1) is 0 Å². The van der Waals surface area contributed by atoms with Gasteiger partial charge in [0.2, 0.25) is 0 Å². The first kappa shape index (κ1) is 16.1. The highest BCUT2D eigenvalue weighted by atomic mass is 79.9. The molecule has 112 valence electrons. The summed E-state index contributed by atoms with van der Waals surface area (Å²) in [5.74, 6) is -1.05. The molecule has 2 aromatic carbocycles. The van der Waals surface area contributed by atoms with Gasteiger partial charge in [-0.05, 0) is 50.1 Å². The van der Waals surface area contributed by atoms with Crippen LogP contribution in [0.3, 0.4) is 0 Å². The third kappa shape index (κ3) is 3.89. The van der Waals surface area contributed by atoms with Crippen LogP contribution < -0.4 is 5.32 Å². The molecule has 1 N–H and O–H groups in total. The molecule has 2 aromatic rings. The van der Waals surface area contributed by atoms with E-state index in [-0.39, 0.29) is 12.1 Å². The molecule has 0 aliphatic carbocycles. The SMILES string of the molecule is Cc1cc(C(NC(C)C)c2ccc(Br)cc2)c(F)cc1F. The summed E-state index contributed by atoms with van der Waals surface area (Å²) in [5, 5.41) is 3.34. The second kappa shape index (κ2) is 6.67. The molecule has 1 nitrogen and oxygen atoms in total. The lowest BCUT2D eigenvalue weighted by Gasteiger charge is -2.23. The van der Waals surface area contributed by atoms with Gasteiger partial charge in [-0.3, -0.25) is 0 Å². The third-order valence-corrected chi connectivity index (χ3v) is 3.82. The number of benzene rings is 2. The average Bonchev–Trinajstić information content (AvgIpc) is 2.41. The standard InChI is InChI=1S/C17H18BrF2N/c1-10(2)21-17(12-4-6-13(18)7-5-12)14-8-11(3)15(19)9-16(14)20/h4-10,17,21H,1-3H3. The first-order valence-corrected chi connectivity index (χ1v) is 7.65. The second-order valence-electron chi connectivity index (χ2n) is 5.43. The van der Waals surface area contributed by atoms with E-state index < -0.39 is 11.6 Å². The summed E-state index contributed by atoms with van der Waals surface area (Å²) in [6.07, 6.45) is 0. The predicted octanol–water partition coefficient (Wildman–Crippen LogP) is 5.12. The van der Waals surface area contributed by atoms with Gasteiger partial charge < -0.3 is 5.32 Å². The highest BCUT2D eigenvalue weighted by Crippen LogP contribution is 2.28. The molecule has 0 bridgehead atoms. The van der Waals surface area contributed by atoms with Crippen LogP contribution in [-0.2, 0) is 0 Å². The van der Waals surface area contributed by atoms with Crippen LogP contribution in [0.2, 0.25) is 0 Å². The number of nitrogens with one attached hydrogen (secondary N) is 1. The summed E-state index contributed by atoms with van der Waals surface area (Å²) in [6.45, 7) is 5.65. The highest BCUT2D eigenvalue weighted by molar-refractivity contribution is 9.10. The summed E-state index contributed by atoms with van der Waals surface area (Å²) in [4.78, 5) is 0. The summed E-state index contributed by atoms with van der Waals surface area (Å²) < 4.78 is 28.6. The molecule has 0 fully saturated rings. The van der Waals surface area contributed by atoms with Crippen molar-refractivity contribution in [2.45, 2.75) is 32.9 Å². The van der Waals surface area contributed by atoms with Crippen LogP contribution in [0, 0.1) is 18.6 Å². The van der Waals surface area contributed by atoms with E-state index in [0.717, 1.165) is 16.1 Å². The van der Waals surface area contributed by atoms with Crippen molar-refractivity contribution in [2.24, 2.45) is 0 Å². The molecule has 0 saturated heterocycles. The van der Waals surface area contributed by atoms with Crippen LogP contribution in [0.1, 0.15) is 36.6 Å². The molecule has 0 spiro atoms. The Morgan fingerprint density at radius 1 is 1.00 bits per heavy atom. The van der Waals surface area contributed by atoms with Crippen LogP contribution in [0.25, 0.3) is 0 Å². The summed E-state index contributed by atoms with van der Waals surface area (Å²) in [6, 6.07) is 10.1. The average molecular weight is 354 g/mol. The van der Waals surface area contributed by atoms with E-state index in [1.54, 1.807) is 13.0 Å². The number of hydrogen-bond acceptors (Lipinski definition) is 1. The van der Waals surface area contributed by atoms with Crippen molar-refractivity contribution >= 4 is 15.9 Å². The summed E-state index contributed by atoms with van der Waals surface area (Å²) in [5.41, 5.74) is 1.85. The van der Waals surface area contributed by atoms with E-state index in [1.165, 1.54) is 0 Å². The minimum atomic E-state index is -0.529. The second-order valence-corrected chi connectivity index (χ2v) is 6.34. The summed E-state index contributed by atoms with van der Waals surface area (Å²) in [7, 11) is 0. The molecule has 0 heterocycles. The fourth-order valence-corrected chi connectivity index (χ4v) is 2.52. The van der Waals surface area contributed by atoms with Crippen LogP contribution >= 0.6 is 15.9 Å². The van der Waals surface area contributed by atoms with Crippen LogP contribution in [0.4, 0.5) is 8.78 Å². The minimum absolute atomic E-state index is 0.170. The maximum atomic E-state index is 14.2. The monoisotopic (exact) mass is 353 g/mol. The topological polar surface area (TPSA) is 12.0 Å². The Kier molecular flexibility index (Phi) is 5.12. The predicted molar refractivity (Wildman–Crippen MR) is 85.4 cm³/mol. The van der Waals surface area contributed by atoms with Crippen LogP contribution in [0.5, 0.6) is 0 Å². The van der Waals surface area contributed by atoms with Gasteiger partial charge in [0, 0.05) is 22.1 Å². The molecule has 0 radical (unpaired) electrons. The van der Waals surface area contributed by atoms with E-state index in [2.05, 4.69) is 21.2 Å². The van der Waals surface area contributed by atoms with E-state index in [1.807, 2.05) is 38.1 Å². The lowest BCUT2D eigenvalue weighted by molar-refractivity contribution is 0.496. The first-order chi connectivity index (χ1) is 9.88. The Balaban J connectivity index is 2.50. The van der Waals surface area contributed by atoms with Gasteiger partial charge in [0.05, 0.1) is 6.04 Å². The Hall–Kier alpha value is -1.26. The van der Waals surface area contributed by atoms with E-state index in [9.17, 15) is 8.78 Å². The largest absolute Gasteiger partial charge is 0.304 e. The molecular formula is C17H18BrF2N. The molecule has 0 aromatic heterocycles. The number of halogens is 3. The molecule has 1 unspecified atom stereocenters. The van der Waals surface area contributed by atoms with Gasteiger partial charge in [0.15, 0.2) is 0 Å². The minimum Gasteiger partial charge on any atom is -0.304 e. The molecule has 21 heavy (non-hydrogen) atoms. The summed E-state index contributed by atoms with van der Waals surface area (Å²) >= 11 is 3.39. The molecule has 4 heteroatoms. The fourth-order valence-electron chi connectivity index (χ4n) is 2.25. The van der Waals surface area contributed by atoms with Crippen LogP contribution in [-0.4, -0.2) is 6.04 Å². The van der Waals surface area contributed by atoms with Crippen LogP contribution in [0.15, 0.2) is 40.9 Å². The number of hydrogen-bond donors (Lipinski definition) is 1. The highest BCUT2D eigenvalue weighted by Gasteiger charge is 2.20. The van der Waals surface area contributed by atoms with Crippen molar-refractivity contribution in [3.8, 4) is 0 Å². The van der Waals surface area contributed by atoms with Crippen molar-refractivity contribution in [3.63, 3.8) is 0 Å². The molecular weight excluding hydrogens is 336 g/mol. The lowest BCUT2D eigenvalue weighted by Crippen LogP contribution is -2.29. The van der Waals surface area contributed by atoms with Gasteiger partial charge in [0.25, 0.3) is 0 Å². The Labute approximate surface area is 132 Å². The molecule has 2 rings (SSSR count).